The number of anilines is 2. The maximum atomic E-state index is 11.1. The minimum absolute atomic E-state index is 0.0693. The van der Waals surface area contributed by atoms with Crippen molar-refractivity contribution in [2.45, 2.75) is 13.5 Å². The van der Waals surface area contributed by atoms with Crippen molar-refractivity contribution in [1.82, 2.24) is 4.90 Å². The van der Waals surface area contributed by atoms with Gasteiger partial charge in [0.05, 0.1) is 4.92 Å². The molecule has 1 aliphatic heterocycles. The van der Waals surface area contributed by atoms with Crippen molar-refractivity contribution in [3.05, 3.63) is 64.2 Å². The molecular weight excluding hydrogens is 332 g/mol. The van der Waals surface area contributed by atoms with E-state index in [-0.39, 0.29) is 16.5 Å². The van der Waals surface area contributed by atoms with E-state index in [1.54, 1.807) is 12.1 Å². The van der Waals surface area contributed by atoms with E-state index in [0.717, 1.165) is 44.1 Å². The Morgan fingerprint density at radius 3 is 2.19 bits per heavy atom. The van der Waals surface area contributed by atoms with Gasteiger partial charge >= 0.3 is 0 Å². The lowest BCUT2D eigenvalue weighted by atomic mass is 10.1. The lowest BCUT2D eigenvalue weighted by molar-refractivity contribution is -0.384. The minimum atomic E-state index is -0.376. The molecule has 2 aromatic carbocycles. The maximum absolute atomic E-state index is 11.1. The molecular formula is C19H22N4O3. The summed E-state index contributed by atoms with van der Waals surface area (Å²) in [6, 6.07) is 14.6. The van der Waals surface area contributed by atoms with Crippen LogP contribution in [0.4, 0.5) is 17.1 Å². The molecule has 7 heteroatoms. The average Bonchev–Trinajstić information content (AvgIpc) is 2.64. The number of nitro benzene ring substituents is 1. The summed E-state index contributed by atoms with van der Waals surface area (Å²) in [5.41, 5.74) is 3.16. The second-order valence-corrected chi connectivity index (χ2v) is 6.41. The van der Waals surface area contributed by atoms with Crippen LogP contribution in [0.3, 0.4) is 0 Å². The van der Waals surface area contributed by atoms with Gasteiger partial charge in [0.15, 0.2) is 0 Å². The van der Waals surface area contributed by atoms with Gasteiger partial charge in [0.1, 0.15) is 0 Å². The highest BCUT2D eigenvalue weighted by Crippen LogP contribution is 2.21. The second-order valence-electron chi connectivity index (χ2n) is 6.41. The summed E-state index contributed by atoms with van der Waals surface area (Å²) in [5.74, 6) is -0.0693. The molecule has 0 radical (unpaired) electrons. The van der Waals surface area contributed by atoms with Gasteiger partial charge in [-0.25, -0.2) is 0 Å². The third-order valence-corrected chi connectivity index (χ3v) is 4.48. The van der Waals surface area contributed by atoms with Crippen LogP contribution in [0.1, 0.15) is 12.5 Å². The molecule has 0 unspecified atom stereocenters. The predicted octanol–water partition coefficient (Wildman–Crippen LogP) is 2.88. The molecule has 2 aromatic rings. The molecule has 26 heavy (non-hydrogen) atoms. The Balaban J connectivity index is 1.52. The first-order valence-electron chi connectivity index (χ1n) is 8.59. The van der Waals surface area contributed by atoms with E-state index in [1.165, 1.54) is 12.5 Å². The highest BCUT2D eigenvalue weighted by molar-refractivity contribution is 5.88. The topological polar surface area (TPSA) is 78.7 Å². The number of nitrogens with zero attached hydrogens (tertiary/aromatic N) is 3. The molecule has 136 valence electrons. The second kappa shape index (κ2) is 7.97. The van der Waals surface area contributed by atoms with E-state index in [1.807, 2.05) is 36.4 Å². The zero-order valence-corrected chi connectivity index (χ0v) is 14.7. The van der Waals surface area contributed by atoms with Gasteiger partial charge in [-0.2, -0.15) is 0 Å². The molecule has 1 heterocycles. The monoisotopic (exact) mass is 354 g/mol. The zero-order chi connectivity index (χ0) is 18.5. The van der Waals surface area contributed by atoms with Gasteiger partial charge in [0, 0.05) is 63.2 Å². The summed E-state index contributed by atoms with van der Waals surface area (Å²) in [6.45, 7) is 6.02. The van der Waals surface area contributed by atoms with E-state index in [0.29, 0.717) is 0 Å². The third kappa shape index (κ3) is 4.58. The molecule has 0 aromatic heterocycles. The van der Waals surface area contributed by atoms with Crippen molar-refractivity contribution in [1.29, 1.82) is 0 Å². The summed E-state index contributed by atoms with van der Waals surface area (Å²) in [7, 11) is 0. The van der Waals surface area contributed by atoms with Crippen LogP contribution in [0, 0.1) is 10.1 Å². The lowest BCUT2D eigenvalue weighted by Crippen LogP contribution is -2.45. The van der Waals surface area contributed by atoms with Crippen LogP contribution in [0.5, 0.6) is 0 Å². The Morgan fingerprint density at radius 2 is 1.65 bits per heavy atom. The minimum Gasteiger partial charge on any atom is -0.369 e. The van der Waals surface area contributed by atoms with Crippen molar-refractivity contribution < 1.29 is 9.72 Å². The fraction of sp³-hybridized carbons (Fsp3) is 0.316. The number of nitro groups is 1. The SMILES string of the molecule is CC(=O)Nc1ccc(CN2CCN(c3ccc([N+](=O)[O-])cc3)CC2)cc1. The number of amides is 1. The molecule has 1 amide bonds. The number of carbonyl (C=O) groups is 1. The first-order valence-corrected chi connectivity index (χ1v) is 8.59. The van der Waals surface area contributed by atoms with Gasteiger partial charge in [-0.3, -0.25) is 19.8 Å². The highest BCUT2D eigenvalue weighted by atomic mass is 16.6. The van der Waals surface area contributed by atoms with Gasteiger partial charge in [0.25, 0.3) is 5.69 Å². The molecule has 3 rings (SSSR count). The van der Waals surface area contributed by atoms with Crippen molar-refractivity contribution in [2.75, 3.05) is 36.4 Å². The number of hydrogen-bond acceptors (Lipinski definition) is 5. The molecule has 0 aliphatic carbocycles. The molecule has 0 bridgehead atoms. The van der Waals surface area contributed by atoms with E-state index in [4.69, 9.17) is 0 Å². The van der Waals surface area contributed by atoms with Gasteiger partial charge in [-0.05, 0) is 29.8 Å². The van der Waals surface area contributed by atoms with Crippen molar-refractivity contribution >= 4 is 23.0 Å². The summed E-state index contributed by atoms with van der Waals surface area (Å²) in [6.07, 6.45) is 0. The Morgan fingerprint density at radius 1 is 1.04 bits per heavy atom. The molecule has 0 atom stereocenters. The molecule has 1 saturated heterocycles. The Hall–Kier alpha value is -2.93. The number of hydrogen-bond donors (Lipinski definition) is 1. The molecule has 0 spiro atoms. The number of nitrogens with one attached hydrogen (secondary N) is 1. The van der Waals surface area contributed by atoms with Crippen LogP contribution in [0.25, 0.3) is 0 Å². The van der Waals surface area contributed by atoms with E-state index >= 15 is 0 Å². The van der Waals surface area contributed by atoms with Crippen molar-refractivity contribution in [2.24, 2.45) is 0 Å². The van der Waals surface area contributed by atoms with Crippen LogP contribution in [0.2, 0.25) is 0 Å². The lowest BCUT2D eigenvalue weighted by Gasteiger charge is -2.36. The molecule has 1 aliphatic rings. The first-order chi connectivity index (χ1) is 12.5. The predicted molar refractivity (Wildman–Crippen MR) is 101 cm³/mol. The smallest absolute Gasteiger partial charge is 0.269 e. The van der Waals surface area contributed by atoms with Crippen LogP contribution >= 0.6 is 0 Å². The van der Waals surface area contributed by atoms with Crippen molar-refractivity contribution in [3.8, 4) is 0 Å². The summed E-state index contributed by atoms with van der Waals surface area (Å²) in [4.78, 5) is 26.1. The average molecular weight is 354 g/mol. The van der Waals surface area contributed by atoms with Gasteiger partial charge in [-0.15, -0.1) is 0 Å². The normalized spacial score (nSPS) is 14.9. The van der Waals surface area contributed by atoms with Crippen LogP contribution in [0.15, 0.2) is 48.5 Å². The fourth-order valence-electron chi connectivity index (χ4n) is 3.10. The van der Waals surface area contributed by atoms with Gasteiger partial charge < -0.3 is 10.2 Å². The quantitative estimate of drug-likeness (QED) is 0.660. The number of rotatable bonds is 5. The summed E-state index contributed by atoms with van der Waals surface area (Å²) in [5, 5.41) is 13.5. The summed E-state index contributed by atoms with van der Waals surface area (Å²) < 4.78 is 0. The summed E-state index contributed by atoms with van der Waals surface area (Å²) >= 11 is 0. The van der Waals surface area contributed by atoms with Crippen LogP contribution in [-0.4, -0.2) is 41.9 Å². The number of benzene rings is 2. The van der Waals surface area contributed by atoms with Gasteiger partial charge in [-0.1, -0.05) is 12.1 Å². The maximum Gasteiger partial charge on any atom is 0.269 e. The Kier molecular flexibility index (Phi) is 5.48. The molecule has 1 N–H and O–H groups in total. The van der Waals surface area contributed by atoms with E-state index < -0.39 is 0 Å². The Labute approximate surface area is 152 Å². The van der Waals surface area contributed by atoms with Crippen LogP contribution < -0.4 is 10.2 Å². The fourth-order valence-corrected chi connectivity index (χ4v) is 3.10. The molecule has 7 nitrogen and oxygen atoms in total. The first kappa shape index (κ1) is 17.9. The third-order valence-electron chi connectivity index (χ3n) is 4.48. The standard InChI is InChI=1S/C19H22N4O3/c1-15(24)20-17-4-2-16(3-5-17)14-21-10-12-22(13-11-21)18-6-8-19(9-7-18)23(25)26/h2-9H,10-14H2,1H3,(H,20,24). The van der Waals surface area contributed by atoms with E-state index in [9.17, 15) is 14.9 Å². The highest BCUT2D eigenvalue weighted by Gasteiger charge is 2.18. The number of carbonyl (C=O) groups excluding carboxylic acids is 1. The van der Waals surface area contributed by atoms with Gasteiger partial charge in [0.2, 0.25) is 5.91 Å². The van der Waals surface area contributed by atoms with Crippen molar-refractivity contribution in [3.63, 3.8) is 0 Å². The number of piperazine rings is 1. The van der Waals surface area contributed by atoms with E-state index in [2.05, 4.69) is 15.1 Å². The largest absolute Gasteiger partial charge is 0.369 e. The zero-order valence-electron chi connectivity index (χ0n) is 14.7. The number of non-ortho nitro benzene ring substituents is 1. The molecule has 1 fully saturated rings. The Bertz CT molecular complexity index is 766. The molecule has 0 saturated carbocycles. The van der Waals surface area contributed by atoms with Crippen LogP contribution in [-0.2, 0) is 11.3 Å².